The van der Waals surface area contributed by atoms with E-state index in [2.05, 4.69) is 15.2 Å². The molecule has 6 rings (SSSR count). The second-order valence-corrected chi connectivity index (χ2v) is 14.3. The number of hydrogen-bond acceptors (Lipinski definition) is 5. The van der Waals surface area contributed by atoms with Gasteiger partial charge in [-0.1, -0.05) is 18.2 Å². The summed E-state index contributed by atoms with van der Waals surface area (Å²) in [6.45, 7) is 11.5. The summed E-state index contributed by atoms with van der Waals surface area (Å²) in [6.07, 6.45) is 6.23. The normalized spacial score (nSPS) is 19.8. The number of benzene rings is 2. The number of aromatic amines is 1. The van der Waals surface area contributed by atoms with Crippen LogP contribution in [-0.2, 0) is 20.4 Å². The summed E-state index contributed by atoms with van der Waals surface area (Å²) in [7, 11) is -3.67. The highest BCUT2D eigenvalue weighted by atomic mass is 32.2. The number of carbonyl (C=O) groups is 2. The summed E-state index contributed by atoms with van der Waals surface area (Å²) >= 11 is 0. The van der Waals surface area contributed by atoms with Crippen molar-refractivity contribution < 1.29 is 18.0 Å². The van der Waals surface area contributed by atoms with Crippen molar-refractivity contribution in [1.82, 2.24) is 14.8 Å². The topological polar surface area (TPSA) is 103 Å². The third-order valence-corrected chi connectivity index (χ3v) is 11.0. The van der Waals surface area contributed by atoms with Crippen molar-refractivity contribution in [2.24, 2.45) is 0 Å². The summed E-state index contributed by atoms with van der Waals surface area (Å²) in [5, 5.41) is 2.87. The predicted molar refractivity (Wildman–Crippen MR) is 170 cm³/mol. The maximum Gasteiger partial charge on any atom is 0.256 e. The lowest BCUT2D eigenvalue weighted by atomic mass is 10.0. The van der Waals surface area contributed by atoms with Crippen LogP contribution in [0.3, 0.4) is 0 Å². The van der Waals surface area contributed by atoms with E-state index in [1.165, 1.54) is 12.8 Å². The van der Waals surface area contributed by atoms with Gasteiger partial charge < -0.3 is 20.1 Å². The number of aryl methyl sites for hydroxylation is 3. The Balaban J connectivity index is 1.29. The molecule has 9 heteroatoms. The zero-order valence-corrected chi connectivity index (χ0v) is 26.2. The molecule has 3 aliphatic heterocycles. The number of fused-ring (bicyclic) bond motifs is 1. The Kier molecular flexibility index (Phi) is 7.81. The molecule has 226 valence electrons. The first kappa shape index (κ1) is 29.4. The van der Waals surface area contributed by atoms with E-state index < -0.39 is 9.84 Å². The second kappa shape index (κ2) is 11.4. The highest BCUT2D eigenvalue weighted by Crippen LogP contribution is 2.37. The van der Waals surface area contributed by atoms with Crippen LogP contribution in [-0.4, -0.2) is 67.2 Å². The quantitative estimate of drug-likeness (QED) is 0.353. The Morgan fingerprint density at radius 3 is 2.44 bits per heavy atom. The van der Waals surface area contributed by atoms with Crippen LogP contribution in [0.25, 0.3) is 11.6 Å². The molecule has 4 heterocycles. The molecule has 0 aliphatic carbocycles. The third kappa shape index (κ3) is 5.56. The molecule has 3 aromatic rings. The van der Waals surface area contributed by atoms with Gasteiger partial charge in [-0.05, 0) is 113 Å². The van der Waals surface area contributed by atoms with E-state index in [1.807, 2.05) is 50.8 Å². The maximum atomic E-state index is 13.9. The van der Waals surface area contributed by atoms with E-state index in [0.717, 1.165) is 67.0 Å². The first-order chi connectivity index (χ1) is 20.5. The lowest BCUT2D eigenvalue weighted by Gasteiger charge is -2.28. The van der Waals surface area contributed by atoms with Crippen LogP contribution in [0.2, 0.25) is 0 Å². The predicted octanol–water partition coefficient (Wildman–Crippen LogP) is 5.42. The molecule has 0 radical (unpaired) electrons. The highest BCUT2D eigenvalue weighted by molar-refractivity contribution is 7.90. The van der Waals surface area contributed by atoms with Crippen LogP contribution >= 0.6 is 0 Å². The van der Waals surface area contributed by atoms with Crippen molar-refractivity contribution in [3.05, 3.63) is 81.2 Å². The Morgan fingerprint density at radius 2 is 1.72 bits per heavy atom. The monoisotopic (exact) mass is 600 g/mol. The van der Waals surface area contributed by atoms with E-state index in [4.69, 9.17) is 0 Å². The van der Waals surface area contributed by atoms with Gasteiger partial charge >= 0.3 is 0 Å². The molecule has 0 bridgehead atoms. The highest BCUT2D eigenvalue weighted by Gasteiger charge is 2.34. The van der Waals surface area contributed by atoms with Gasteiger partial charge in [0, 0.05) is 41.8 Å². The SMILES string of the molecule is Cc1cccc(C)c1CS(=O)(=O)c1ccc2c(c1)C(=Cc1[nH]c(C)c(C(=O)N3CCC[C@H]3CN3CCCC3)c1C)C(=O)N2. The molecule has 0 spiro atoms. The summed E-state index contributed by atoms with van der Waals surface area (Å²) in [6, 6.07) is 10.8. The van der Waals surface area contributed by atoms with Crippen molar-refractivity contribution in [2.75, 3.05) is 31.5 Å². The molecule has 0 saturated carbocycles. The molecule has 2 fully saturated rings. The molecule has 1 aromatic heterocycles. The lowest BCUT2D eigenvalue weighted by Crippen LogP contribution is -2.42. The number of likely N-dealkylation sites (tertiary alicyclic amines) is 2. The largest absolute Gasteiger partial charge is 0.358 e. The van der Waals surface area contributed by atoms with Crippen molar-refractivity contribution in [3.8, 4) is 0 Å². The van der Waals surface area contributed by atoms with Gasteiger partial charge in [0.05, 0.1) is 21.8 Å². The number of carbonyl (C=O) groups excluding carboxylic acids is 2. The molecule has 1 atom stereocenters. The minimum atomic E-state index is -3.67. The first-order valence-electron chi connectivity index (χ1n) is 15.2. The van der Waals surface area contributed by atoms with Crippen LogP contribution in [0.15, 0.2) is 41.3 Å². The smallest absolute Gasteiger partial charge is 0.256 e. The summed E-state index contributed by atoms with van der Waals surface area (Å²) in [4.78, 5) is 35.0. The van der Waals surface area contributed by atoms with Crippen molar-refractivity contribution in [3.63, 3.8) is 0 Å². The van der Waals surface area contributed by atoms with Crippen molar-refractivity contribution in [1.29, 1.82) is 0 Å². The van der Waals surface area contributed by atoms with Gasteiger partial charge in [0.15, 0.2) is 9.84 Å². The van der Waals surface area contributed by atoms with Crippen LogP contribution in [0, 0.1) is 27.7 Å². The molecule has 3 aliphatic rings. The zero-order valence-electron chi connectivity index (χ0n) is 25.4. The molecular weight excluding hydrogens is 560 g/mol. The van der Waals surface area contributed by atoms with E-state index >= 15 is 0 Å². The number of aromatic nitrogens is 1. The fourth-order valence-electron chi connectivity index (χ4n) is 6.94. The Morgan fingerprint density at radius 1 is 1.00 bits per heavy atom. The van der Waals surface area contributed by atoms with Crippen molar-refractivity contribution in [2.45, 2.75) is 70.1 Å². The van der Waals surface area contributed by atoms with Gasteiger partial charge in [0.25, 0.3) is 11.8 Å². The second-order valence-electron chi connectivity index (χ2n) is 12.3. The van der Waals surface area contributed by atoms with Gasteiger partial charge in [0.2, 0.25) is 0 Å². The third-order valence-electron chi connectivity index (χ3n) is 9.40. The molecule has 43 heavy (non-hydrogen) atoms. The molecule has 2 saturated heterocycles. The average Bonchev–Trinajstić information content (AvgIpc) is 3.75. The van der Waals surface area contributed by atoms with Crippen LogP contribution in [0.1, 0.15) is 75.2 Å². The van der Waals surface area contributed by atoms with E-state index in [9.17, 15) is 18.0 Å². The minimum absolute atomic E-state index is 0.0359. The van der Waals surface area contributed by atoms with Crippen LogP contribution in [0.5, 0.6) is 0 Å². The van der Waals surface area contributed by atoms with E-state index in [-0.39, 0.29) is 28.5 Å². The number of hydrogen-bond donors (Lipinski definition) is 2. The summed E-state index contributed by atoms with van der Waals surface area (Å²) in [5.41, 5.74) is 7.04. The number of sulfone groups is 1. The van der Waals surface area contributed by atoms with Gasteiger partial charge in [-0.25, -0.2) is 8.42 Å². The molecule has 2 amide bonds. The van der Waals surface area contributed by atoms with E-state index in [1.54, 1.807) is 24.3 Å². The van der Waals surface area contributed by atoms with Crippen molar-refractivity contribution >= 4 is 39.0 Å². The fourth-order valence-corrected chi connectivity index (χ4v) is 8.51. The summed E-state index contributed by atoms with van der Waals surface area (Å²) < 4.78 is 27.0. The van der Waals surface area contributed by atoms with Gasteiger partial charge in [-0.15, -0.1) is 0 Å². The van der Waals surface area contributed by atoms with Crippen LogP contribution in [0.4, 0.5) is 5.69 Å². The fraction of sp³-hybridized carbons (Fsp3) is 0.412. The number of rotatable bonds is 7. The van der Waals surface area contributed by atoms with Crippen LogP contribution < -0.4 is 5.32 Å². The van der Waals surface area contributed by atoms with Gasteiger partial charge in [-0.3, -0.25) is 9.59 Å². The molecular formula is C34H40N4O4S. The number of anilines is 1. The molecule has 2 N–H and O–H groups in total. The molecule has 2 aromatic carbocycles. The number of amides is 2. The molecule has 0 unspecified atom stereocenters. The van der Waals surface area contributed by atoms with Gasteiger partial charge in [-0.2, -0.15) is 0 Å². The average molecular weight is 601 g/mol. The first-order valence-corrected chi connectivity index (χ1v) is 16.9. The number of nitrogens with one attached hydrogen (secondary N) is 2. The number of H-pyrrole nitrogens is 1. The Hall–Kier alpha value is -3.69. The molecule has 8 nitrogen and oxygen atoms in total. The Bertz CT molecular complexity index is 1730. The maximum absolute atomic E-state index is 13.9. The Labute approximate surface area is 254 Å². The minimum Gasteiger partial charge on any atom is -0.358 e. The van der Waals surface area contributed by atoms with Gasteiger partial charge in [0.1, 0.15) is 0 Å². The standard InChI is InChI=1S/C34H40N4O4S/c1-21-9-7-10-22(2)29(21)20-43(41,42)26-12-13-30-27(17-26)28(33(39)36-30)18-31-23(3)32(24(4)35-31)34(40)38-16-8-11-25(38)19-37-14-5-6-15-37/h7,9-10,12-13,17-18,25,35H,5-6,8,11,14-16,19-20H2,1-4H3,(H,36,39)/t25-/m0/s1. The zero-order chi connectivity index (χ0) is 30.5. The van der Waals surface area contributed by atoms with E-state index in [0.29, 0.717) is 28.1 Å². The summed E-state index contributed by atoms with van der Waals surface area (Å²) in [5.74, 6) is -0.377. The lowest BCUT2D eigenvalue weighted by molar-refractivity contribution is -0.110. The number of nitrogens with zero attached hydrogens (tertiary/aromatic N) is 2.